The predicted octanol–water partition coefficient (Wildman–Crippen LogP) is 2.24. The number of amides is 1. The summed E-state index contributed by atoms with van der Waals surface area (Å²) >= 11 is 0. The molecule has 1 unspecified atom stereocenters. The van der Waals surface area contributed by atoms with Gasteiger partial charge in [0.1, 0.15) is 11.9 Å². The molecule has 2 aromatic rings. The highest BCUT2D eigenvalue weighted by atomic mass is 16.5. The Morgan fingerprint density at radius 2 is 1.80 bits per heavy atom. The summed E-state index contributed by atoms with van der Waals surface area (Å²) in [4.78, 5) is 11.9. The third kappa shape index (κ3) is 3.83. The summed E-state index contributed by atoms with van der Waals surface area (Å²) < 4.78 is 5.06. The van der Waals surface area contributed by atoms with E-state index in [0.29, 0.717) is 5.69 Å². The zero-order valence-electron chi connectivity index (χ0n) is 11.2. The van der Waals surface area contributed by atoms with Crippen LogP contribution in [0.15, 0.2) is 54.6 Å². The molecule has 20 heavy (non-hydrogen) atoms. The average molecular weight is 271 g/mol. The Kier molecular flexibility index (Phi) is 4.74. The molecule has 0 aliphatic rings. The highest BCUT2D eigenvalue weighted by Gasteiger charge is 2.15. The molecule has 1 amide bonds. The Hall–Kier alpha value is -2.33. The van der Waals surface area contributed by atoms with E-state index in [1.807, 2.05) is 30.3 Å². The van der Waals surface area contributed by atoms with E-state index in [2.05, 4.69) is 5.32 Å². The predicted molar refractivity (Wildman–Crippen MR) is 77.8 cm³/mol. The first-order valence-corrected chi connectivity index (χ1v) is 6.36. The first-order chi connectivity index (χ1) is 9.69. The number of anilines is 1. The molecule has 0 aliphatic heterocycles. The number of hydrogen-bond acceptors (Lipinski definition) is 3. The van der Waals surface area contributed by atoms with Crippen LogP contribution in [0, 0.1) is 0 Å². The van der Waals surface area contributed by atoms with Crippen molar-refractivity contribution in [3.63, 3.8) is 0 Å². The summed E-state index contributed by atoms with van der Waals surface area (Å²) in [6, 6.07) is 16.3. The maximum Gasteiger partial charge on any atom is 0.253 e. The smallest absolute Gasteiger partial charge is 0.253 e. The fourth-order valence-corrected chi connectivity index (χ4v) is 1.82. The summed E-state index contributed by atoms with van der Waals surface area (Å²) in [5, 5.41) is 12.6. The molecular weight excluding hydrogens is 254 g/mol. The molecule has 0 bridgehead atoms. The highest BCUT2D eigenvalue weighted by molar-refractivity contribution is 5.94. The molecule has 0 spiro atoms. The van der Waals surface area contributed by atoms with Crippen molar-refractivity contribution < 1.29 is 14.6 Å². The lowest BCUT2D eigenvalue weighted by Gasteiger charge is -2.11. The second-order valence-corrected chi connectivity index (χ2v) is 4.42. The van der Waals surface area contributed by atoms with Crippen LogP contribution in [0.25, 0.3) is 0 Å². The molecular formula is C16H17NO3. The maximum atomic E-state index is 11.9. The van der Waals surface area contributed by atoms with E-state index in [1.54, 1.807) is 31.4 Å². The molecule has 104 valence electrons. The molecule has 0 fully saturated rings. The minimum atomic E-state index is -1.08. The van der Waals surface area contributed by atoms with E-state index in [9.17, 15) is 9.90 Å². The van der Waals surface area contributed by atoms with Gasteiger partial charge in [-0.25, -0.2) is 0 Å². The monoisotopic (exact) mass is 271 g/mol. The van der Waals surface area contributed by atoms with Gasteiger partial charge in [0, 0.05) is 12.1 Å². The van der Waals surface area contributed by atoms with Gasteiger partial charge in [0.15, 0.2) is 0 Å². The number of carbonyl (C=O) groups excluding carboxylic acids is 1. The molecule has 2 rings (SSSR count). The van der Waals surface area contributed by atoms with Gasteiger partial charge in [-0.1, -0.05) is 30.3 Å². The standard InChI is InChI=1S/C16H17NO3/c1-20-14-9-7-12(8-10-14)11-15(18)16(19)17-13-5-3-2-4-6-13/h2-10,15,18H,11H2,1H3,(H,17,19). The first-order valence-electron chi connectivity index (χ1n) is 6.36. The van der Waals surface area contributed by atoms with Crippen molar-refractivity contribution in [2.75, 3.05) is 12.4 Å². The molecule has 4 heteroatoms. The lowest BCUT2D eigenvalue weighted by molar-refractivity contribution is -0.123. The second kappa shape index (κ2) is 6.73. The topological polar surface area (TPSA) is 58.6 Å². The number of hydrogen-bond donors (Lipinski definition) is 2. The first kappa shape index (κ1) is 14.1. The van der Waals surface area contributed by atoms with Gasteiger partial charge in [-0.2, -0.15) is 0 Å². The van der Waals surface area contributed by atoms with Gasteiger partial charge in [0.25, 0.3) is 5.91 Å². The van der Waals surface area contributed by atoms with Crippen molar-refractivity contribution in [2.45, 2.75) is 12.5 Å². The van der Waals surface area contributed by atoms with Gasteiger partial charge >= 0.3 is 0 Å². The van der Waals surface area contributed by atoms with Gasteiger partial charge in [0.05, 0.1) is 7.11 Å². The fourth-order valence-electron chi connectivity index (χ4n) is 1.82. The quantitative estimate of drug-likeness (QED) is 0.876. The lowest BCUT2D eigenvalue weighted by Crippen LogP contribution is -2.29. The molecule has 0 saturated heterocycles. The van der Waals surface area contributed by atoms with E-state index in [0.717, 1.165) is 11.3 Å². The largest absolute Gasteiger partial charge is 0.497 e. The van der Waals surface area contributed by atoms with Crippen molar-refractivity contribution in [2.24, 2.45) is 0 Å². The Morgan fingerprint density at radius 3 is 2.40 bits per heavy atom. The SMILES string of the molecule is COc1ccc(CC(O)C(=O)Nc2ccccc2)cc1. The van der Waals surface area contributed by atoms with E-state index < -0.39 is 12.0 Å². The molecule has 0 heterocycles. The van der Waals surface area contributed by atoms with Crippen LogP contribution in [0.1, 0.15) is 5.56 Å². The summed E-state index contributed by atoms with van der Waals surface area (Å²) in [7, 11) is 1.59. The third-order valence-electron chi connectivity index (χ3n) is 2.93. The van der Waals surface area contributed by atoms with E-state index in [-0.39, 0.29) is 6.42 Å². The normalized spacial score (nSPS) is 11.7. The lowest BCUT2D eigenvalue weighted by atomic mass is 10.1. The van der Waals surface area contributed by atoms with Crippen LogP contribution in [-0.4, -0.2) is 24.2 Å². The fraction of sp³-hybridized carbons (Fsp3) is 0.188. The van der Waals surface area contributed by atoms with Gasteiger partial charge in [-0.3, -0.25) is 4.79 Å². The third-order valence-corrected chi connectivity index (χ3v) is 2.93. The molecule has 1 atom stereocenters. The Balaban J connectivity index is 1.93. The number of methoxy groups -OCH3 is 1. The zero-order valence-corrected chi connectivity index (χ0v) is 11.2. The highest BCUT2D eigenvalue weighted by Crippen LogP contribution is 2.13. The van der Waals surface area contributed by atoms with Crippen molar-refractivity contribution in [1.29, 1.82) is 0 Å². The number of aliphatic hydroxyl groups is 1. The van der Waals surface area contributed by atoms with Crippen LogP contribution in [0.5, 0.6) is 5.75 Å². The van der Waals surface area contributed by atoms with E-state index in [1.165, 1.54) is 0 Å². The number of aliphatic hydroxyl groups excluding tert-OH is 1. The molecule has 2 N–H and O–H groups in total. The van der Waals surface area contributed by atoms with Crippen molar-refractivity contribution in [1.82, 2.24) is 0 Å². The van der Waals surface area contributed by atoms with Crippen molar-refractivity contribution in [3.8, 4) is 5.75 Å². The van der Waals surface area contributed by atoms with Crippen LogP contribution in [-0.2, 0) is 11.2 Å². The van der Waals surface area contributed by atoms with Crippen LogP contribution in [0.4, 0.5) is 5.69 Å². The van der Waals surface area contributed by atoms with Crippen LogP contribution < -0.4 is 10.1 Å². The Morgan fingerprint density at radius 1 is 1.15 bits per heavy atom. The molecule has 0 radical (unpaired) electrons. The molecule has 0 aliphatic carbocycles. The minimum Gasteiger partial charge on any atom is -0.497 e. The number of ether oxygens (including phenoxy) is 1. The molecule has 0 saturated carbocycles. The van der Waals surface area contributed by atoms with E-state index >= 15 is 0 Å². The molecule has 0 aromatic heterocycles. The van der Waals surface area contributed by atoms with Crippen molar-refractivity contribution >= 4 is 11.6 Å². The molecule has 2 aromatic carbocycles. The summed E-state index contributed by atoms with van der Waals surface area (Å²) in [6.07, 6.45) is -0.813. The Bertz CT molecular complexity index is 552. The Labute approximate surface area is 118 Å². The number of para-hydroxylation sites is 1. The van der Waals surface area contributed by atoms with Gasteiger partial charge in [-0.05, 0) is 29.8 Å². The summed E-state index contributed by atoms with van der Waals surface area (Å²) in [5.41, 5.74) is 1.55. The summed E-state index contributed by atoms with van der Waals surface area (Å²) in [6.45, 7) is 0. The van der Waals surface area contributed by atoms with Crippen molar-refractivity contribution in [3.05, 3.63) is 60.2 Å². The van der Waals surface area contributed by atoms with Crippen LogP contribution in [0.2, 0.25) is 0 Å². The molecule has 4 nitrogen and oxygen atoms in total. The summed E-state index contributed by atoms with van der Waals surface area (Å²) in [5.74, 6) is 0.337. The second-order valence-electron chi connectivity index (χ2n) is 4.42. The number of benzene rings is 2. The minimum absolute atomic E-state index is 0.267. The van der Waals surface area contributed by atoms with Gasteiger partial charge in [0.2, 0.25) is 0 Å². The van der Waals surface area contributed by atoms with E-state index in [4.69, 9.17) is 4.74 Å². The van der Waals surface area contributed by atoms with Gasteiger partial charge in [-0.15, -0.1) is 0 Å². The number of carbonyl (C=O) groups is 1. The average Bonchev–Trinajstić information content (AvgIpc) is 2.49. The number of rotatable bonds is 5. The van der Waals surface area contributed by atoms with Crippen LogP contribution >= 0.6 is 0 Å². The van der Waals surface area contributed by atoms with Crippen LogP contribution in [0.3, 0.4) is 0 Å². The van der Waals surface area contributed by atoms with Gasteiger partial charge < -0.3 is 15.2 Å². The maximum absolute atomic E-state index is 11.9. The number of nitrogens with one attached hydrogen (secondary N) is 1. The zero-order chi connectivity index (χ0) is 14.4.